The summed E-state index contributed by atoms with van der Waals surface area (Å²) in [5.41, 5.74) is 0.163. The summed E-state index contributed by atoms with van der Waals surface area (Å²) in [6.07, 6.45) is -4.28. The van der Waals surface area contributed by atoms with Crippen LogP contribution in [0.3, 0.4) is 0 Å². The zero-order valence-corrected chi connectivity index (χ0v) is 9.84. The molecule has 0 bridgehead atoms. The third kappa shape index (κ3) is 4.02. The molecule has 1 atom stereocenters. The van der Waals surface area contributed by atoms with Crippen molar-refractivity contribution in [1.29, 1.82) is 0 Å². The topological polar surface area (TPSA) is 21.3 Å². The molecule has 1 rings (SSSR count). The van der Waals surface area contributed by atoms with Crippen LogP contribution in [-0.2, 0) is 10.9 Å². The molecule has 0 fully saturated rings. The minimum absolute atomic E-state index is 0.0766. The Morgan fingerprint density at radius 1 is 1.24 bits per heavy atom. The molecule has 1 N–H and O–H groups in total. The molecule has 0 spiro atoms. The van der Waals surface area contributed by atoms with E-state index in [-0.39, 0.29) is 6.04 Å². The van der Waals surface area contributed by atoms with Gasteiger partial charge < -0.3 is 10.1 Å². The number of benzene rings is 1. The van der Waals surface area contributed by atoms with Gasteiger partial charge in [0.2, 0.25) is 0 Å². The van der Waals surface area contributed by atoms with Crippen molar-refractivity contribution in [2.75, 3.05) is 20.3 Å². The highest BCUT2D eigenvalue weighted by Gasteiger charge is 2.30. The second kappa shape index (κ2) is 6.02. The Morgan fingerprint density at radius 2 is 1.82 bits per heavy atom. The van der Waals surface area contributed by atoms with E-state index in [1.165, 1.54) is 12.1 Å². The van der Waals surface area contributed by atoms with Gasteiger partial charge in [0.1, 0.15) is 0 Å². The fourth-order valence-corrected chi connectivity index (χ4v) is 1.59. The summed E-state index contributed by atoms with van der Waals surface area (Å²) in [5.74, 6) is 0. The van der Waals surface area contributed by atoms with Crippen LogP contribution in [0.25, 0.3) is 0 Å². The predicted molar refractivity (Wildman–Crippen MR) is 59.7 cm³/mol. The van der Waals surface area contributed by atoms with E-state index >= 15 is 0 Å². The van der Waals surface area contributed by atoms with Crippen LogP contribution in [0.5, 0.6) is 0 Å². The smallest absolute Gasteiger partial charge is 0.383 e. The van der Waals surface area contributed by atoms with Crippen molar-refractivity contribution in [3.63, 3.8) is 0 Å². The SMILES string of the molecule is CCNC(COC)c1ccc(C(F)(F)F)cc1. The van der Waals surface area contributed by atoms with Crippen LogP contribution < -0.4 is 5.32 Å². The van der Waals surface area contributed by atoms with Gasteiger partial charge in [-0.25, -0.2) is 0 Å². The molecule has 0 aliphatic carbocycles. The summed E-state index contributed by atoms with van der Waals surface area (Å²) in [6.45, 7) is 3.10. The summed E-state index contributed by atoms with van der Waals surface area (Å²) < 4.78 is 42.2. The van der Waals surface area contributed by atoms with Crippen LogP contribution in [0.15, 0.2) is 24.3 Å². The molecule has 0 saturated heterocycles. The van der Waals surface area contributed by atoms with E-state index in [1.807, 2.05) is 6.92 Å². The van der Waals surface area contributed by atoms with Gasteiger partial charge in [-0.1, -0.05) is 19.1 Å². The van der Waals surface area contributed by atoms with Crippen molar-refractivity contribution in [1.82, 2.24) is 5.32 Å². The molecule has 0 amide bonds. The van der Waals surface area contributed by atoms with Gasteiger partial charge in [0, 0.05) is 7.11 Å². The summed E-state index contributed by atoms with van der Waals surface area (Å²) in [7, 11) is 1.56. The second-order valence-electron chi connectivity index (χ2n) is 3.69. The molecule has 17 heavy (non-hydrogen) atoms. The van der Waals surface area contributed by atoms with E-state index in [9.17, 15) is 13.2 Å². The van der Waals surface area contributed by atoms with Crippen LogP contribution in [0, 0.1) is 0 Å². The first-order chi connectivity index (χ1) is 7.99. The number of nitrogens with one attached hydrogen (secondary N) is 1. The number of ether oxygens (including phenoxy) is 1. The molecule has 0 aliphatic heterocycles. The molecule has 0 heterocycles. The Morgan fingerprint density at radius 3 is 2.24 bits per heavy atom. The van der Waals surface area contributed by atoms with E-state index < -0.39 is 11.7 Å². The lowest BCUT2D eigenvalue weighted by molar-refractivity contribution is -0.137. The van der Waals surface area contributed by atoms with Gasteiger partial charge in [0.25, 0.3) is 0 Å². The fourth-order valence-electron chi connectivity index (χ4n) is 1.59. The van der Waals surface area contributed by atoms with E-state index in [4.69, 9.17) is 4.74 Å². The normalized spacial score (nSPS) is 13.7. The van der Waals surface area contributed by atoms with E-state index in [2.05, 4.69) is 5.32 Å². The highest BCUT2D eigenvalue weighted by molar-refractivity contribution is 5.26. The molecule has 0 aliphatic rings. The number of rotatable bonds is 5. The Balaban J connectivity index is 2.84. The number of hydrogen-bond donors (Lipinski definition) is 1. The number of likely N-dealkylation sites (N-methyl/N-ethyl adjacent to an activating group) is 1. The highest BCUT2D eigenvalue weighted by atomic mass is 19.4. The van der Waals surface area contributed by atoms with Gasteiger partial charge >= 0.3 is 6.18 Å². The van der Waals surface area contributed by atoms with E-state index in [0.717, 1.165) is 24.2 Å². The largest absolute Gasteiger partial charge is 0.416 e. The van der Waals surface area contributed by atoms with E-state index in [0.29, 0.717) is 6.61 Å². The maximum Gasteiger partial charge on any atom is 0.416 e. The van der Waals surface area contributed by atoms with Crippen LogP contribution in [0.1, 0.15) is 24.1 Å². The third-order valence-electron chi connectivity index (χ3n) is 2.42. The molecular formula is C12H16F3NO. The first kappa shape index (κ1) is 14.0. The summed E-state index contributed by atoms with van der Waals surface area (Å²) in [5, 5.41) is 3.15. The van der Waals surface area contributed by atoms with Gasteiger partial charge in [0.15, 0.2) is 0 Å². The highest BCUT2D eigenvalue weighted by Crippen LogP contribution is 2.29. The van der Waals surface area contributed by atoms with Crippen LogP contribution in [-0.4, -0.2) is 20.3 Å². The lowest BCUT2D eigenvalue weighted by Gasteiger charge is -2.18. The quantitative estimate of drug-likeness (QED) is 0.863. The minimum Gasteiger partial charge on any atom is -0.383 e. The number of hydrogen-bond acceptors (Lipinski definition) is 2. The zero-order chi connectivity index (χ0) is 12.9. The van der Waals surface area contributed by atoms with E-state index in [1.54, 1.807) is 7.11 Å². The lowest BCUT2D eigenvalue weighted by Crippen LogP contribution is -2.24. The van der Waals surface area contributed by atoms with Gasteiger partial charge in [-0.05, 0) is 24.2 Å². The molecule has 0 saturated carbocycles. The number of halogens is 3. The average molecular weight is 247 g/mol. The van der Waals surface area contributed by atoms with Crippen LogP contribution >= 0.6 is 0 Å². The van der Waals surface area contributed by atoms with Crippen molar-refractivity contribution in [3.05, 3.63) is 35.4 Å². The summed E-state index contributed by atoms with van der Waals surface area (Å²) >= 11 is 0. The van der Waals surface area contributed by atoms with Crippen LogP contribution in [0.2, 0.25) is 0 Å². The molecule has 5 heteroatoms. The van der Waals surface area contributed by atoms with Gasteiger partial charge in [-0.3, -0.25) is 0 Å². The first-order valence-corrected chi connectivity index (χ1v) is 5.38. The van der Waals surface area contributed by atoms with Crippen molar-refractivity contribution < 1.29 is 17.9 Å². The van der Waals surface area contributed by atoms with Crippen molar-refractivity contribution in [3.8, 4) is 0 Å². The monoisotopic (exact) mass is 247 g/mol. The standard InChI is InChI=1S/C12H16F3NO/c1-3-16-11(8-17-2)9-4-6-10(7-5-9)12(13,14)15/h4-7,11,16H,3,8H2,1-2H3. The molecule has 0 aromatic heterocycles. The molecule has 1 aromatic carbocycles. The third-order valence-corrected chi connectivity index (χ3v) is 2.42. The Kier molecular flexibility index (Phi) is 4.96. The fraction of sp³-hybridized carbons (Fsp3) is 0.500. The Bertz CT molecular complexity index is 329. The lowest BCUT2D eigenvalue weighted by atomic mass is 10.1. The van der Waals surface area contributed by atoms with Crippen LogP contribution in [0.4, 0.5) is 13.2 Å². The van der Waals surface area contributed by atoms with Crippen molar-refractivity contribution in [2.24, 2.45) is 0 Å². The number of alkyl halides is 3. The Labute approximate surface area is 98.8 Å². The molecule has 1 unspecified atom stereocenters. The summed E-state index contributed by atoms with van der Waals surface area (Å²) in [6, 6.07) is 5.07. The predicted octanol–water partition coefficient (Wildman–Crippen LogP) is 3.00. The molecule has 1 aromatic rings. The summed E-state index contributed by atoms with van der Waals surface area (Å²) in [4.78, 5) is 0. The number of methoxy groups -OCH3 is 1. The zero-order valence-electron chi connectivity index (χ0n) is 9.84. The first-order valence-electron chi connectivity index (χ1n) is 5.38. The van der Waals surface area contributed by atoms with Gasteiger partial charge in [-0.2, -0.15) is 13.2 Å². The maximum absolute atomic E-state index is 12.4. The van der Waals surface area contributed by atoms with Crippen molar-refractivity contribution >= 4 is 0 Å². The van der Waals surface area contributed by atoms with Crippen molar-refractivity contribution in [2.45, 2.75) is 19.1 Å². The molecule has 96 valence electrons. The molecular weight excluding hydrogens is 231 g/mol. The second-order valence-corrected chi connectivity index (χ2v) is 3.69. The minimum atomic E-state index is -4.28. The maximum atomic E-state index is 12.4. The average Bonchev–Trinajstić information content (AvgIpc) is 2.28. The van der Waals surface area contributed by atoms with Gasteiger partial charge in [0.05, 0.1) is 18.2 Å². The molecule has 2 nitrogen and oxygen atoms in total. The molecule has 0 radical (unpaired) electrons. The Hall–Kier alpha value is -1.07. The van der Waals surface area contributed by atoms with Gasteiger partial charge in [-0.15, -0.1) is 0 Å².